The van der Waals surface area contributed by atoms with Crippen LogP contribution in [0.5, 0.6) is 5.75 Å². The van der Waals surface area contributed by atoms with E-state index in [1.54, 1.807) is 0 Å². The Kier molecular flexibility index (Phi) is 3.98. The Bertz CT molecular complexity index is 374. The molecule has 1 atom stereocenters. The van der Waals surface area contributed by atoms with Crippen LogP contribution in [0.4, 0.5) is 17.6 Å². The highest BCUT2D eigenvalue weighted by Gasteiger charge is 2.37. The van der Waals surface area contributed by atoms with Crippen LogP contribution in [-0.4, -0.2) is 12.9 Å². The van der Waals surface area contributed by atoms with Crippen molar-refractivity contribution in [2.75, 3.05) is 6.54 Å². The number of ether oxygens (including phenoxy) is 1. The quantitative estimate of drug-likeness (QED) is 0.834. The first-order valence-electron chi connectivity index (χ1n) is 5.06. The Morgan fingerprint density at radius 3 is 2.24 bits per heavy atom. The lowest BCUT2D eigenvalue weighted by Gasteiger charge is -2.25. The van der Waals surface area contributed by atoms with E-state index in [9.17, 15) is 17.6 Å². The van der Waals surface area contributed by atoms with Crippen LogP contribution in [0.25, 0.3) is 0 Å². The molecule has 0 bridgehead atoms. The summed E-state index contributed by atoms with van der Waals surface area (Å²) in [7, 11) is 0. The van der Waals surface area contributed by atoms with Crippen LogP contribution in [0.2, 0.25) is 0 Å². The van der Waals surface area contributed by atoms with E-state index in [1.807, 2.05) is 0 Å². The molecule has 1 aromatic carbocycles. The van der Waals surface area contributed by atoms with E-state index >= 15 is 0 Å². The maximum atomic E-state index is 14.2. The highest BCUT2D eigenvalue weighted by atomic mass is 19.4. The van der Waals surface area contributed by atoms with E-state index in [4.69, 9.17) is 5.73 Å². The molecule has 0 fully saturated rings. The fraction of sp³-hybridized carbons (Fsp3) is 0.455. The molecule has 1 rings (SSSR count). The molecule has 1 aromatic rings. The second-order valence-corrected chi connectivity index (χ2v) is 3.57. The second kappa shape index (κ2) is 4.91. The molecule has 1 unspecified atom stereocenters. The van der Waals surface area contributed by atoms with Crippen molar-refractivity contribution in [1.29, 1.82) is 0 Å². The van der Waals surface area contributed by atoms with Crippen LogP contribution >= 0.6 is 0 Å². The minimum atomic E-state index is -4.85. The number of hydrogen-bond donors (Lipinski definition) is 1. The summed E-state index contributed by atoms with van der Waals surface area (Å²) in [6.07, 6.45) is -4.87. The molecule has 0 aliphatic rings. The molecule has 2 N–H and O–H groups in total. The molecule has 0 saturated carbocycles. The van der Waals surface area contributed by atoms with Gasteiger partial charge in [-0.05, 0) is 12.5 Å². The van der Waals surface area contributed by atoms with E-state index in [0.717, 1.165) is 6.07 Å². The molecule has 6 heteroatoms. The normalized spacial score (nSPS) is 15.4. The fourth-order valence-electron chi connectivity index (χ4n) is 1.50. The van der Waals surface area contributed by atoms with Crippen LogP contribution in [-0.2, 0) is 5.67 Å². The summed E-state index contributed by atoms with van der Waals surface area (Å²) >= 11 is 0. The van der Waals surface area contributed by atoms with Gasteiger partial charge in [-0.25, -0.2) is 4.39 Å². The molecule has 0 heterocycles. The highest BCUT2D eigenvalue weighted by molar-refractivity contribution is 5.38. The van der Waals surface area contributed by atoms with Gasteiger partial charge >= 0.3 is 6.36 Å². The molecule has 2 nitrogen and oxygen atoms in total. The molecule has 0 aliphatic carbocycles. The van der Waals surface area contributed by atoms with Crippen molar-refractivity contribution in [3.63, 3.8) is 0 Å². The zero-order valence-corrected chi connectivity index (χ0v) is 9.22. The Morgan fingerprint density at radius 1 is 1.18 bits per heavy atom. The molecule has 0 aromatic heterocycles. The first-order chi connectivity index (χ1) is 7.82. The summed E-state index contributed by atoms with van der Waals surface area (Å²) in [5, 5.41) is 0. The molecule has 17 heavy (non-hydrogen) atoms. The van der Waals surface area contributed by atoms with Gasteiger partial charge in [-0.15, -0.1) is 13.2 Å². The Hall–Kier alpha value is -1.30. The van der Waals surface area contributed by atoms with Crippen molar-refractivity contribution in [3.05, 3.63) is 29.8 Å². The lowest BCUT2D eigenvalue weighted by atomic mass is 9.92. The third-order valence-corrected chi connectivity index (χ3v) is 2.48. The molecule has 0 spiro atoms. The number of benzene rings is 1. The van der Waals surface area contributed by atoms with Gasteiger partial charge in [-0.2, -0.15) is 0 Å². The van der Waals surface area contributed by atoms with Gasteiger partial charge in [-0.3, -0.25) is 0 Å². The molecular formula is C11H13F4NO. The fourth-order valence-corrected chi connectivity index (χ4v) is 1.50. The Balaban J connectivity index is 3.16. The zero-order valence-electron chi connectivity index (χ0n) is 9.22. The number of nitrogens with two attached hydrogens (primary N) is 1. The monoisotopic (exact) mass is 251 g/mol. The average molecular weight is 251 g/mol. The van der Waals surface area contributed by atoms with Gasteiger partial charge in [0.05, 0.1) is 0 Å². The Morgan fingerprint density at radius 2 is 1.76 bits per heavy atom. The second-order valence-electron chi connectivity index (χ2n) is 3.57. The number of halogens is 4. The predicted octanol–water partition coefficient (Wildman–Crippen LogP) is 3.12. The lowest BCUT2D eigenvalue weighted by molar-refractivity contribution is -0.275. The van der Waals surface area contributed by atoms with Gasteiger partial charge in [0.25, 0.3) is 0 Å². The van der Waals surface area contributed by atoms with E-state index in [2.05, 4.69) is 4.74 Å². The van der Waals surface area contributed by atoms with Gasteiger partial charge in [0.15, 0.2) is 5.67 Å². The van der Waals surface area contributed by atoms with Crippen LogP contribution in [0.3, 0.4) is 0 Å². The van der Waals surface area contributed by atoms with E-state index in [0.29, 0.717) is 0 Å². The summed E-state index contributed by atoms with van der Waals surface area (Å²) in [4.78, 5) is 0. The maximum Gasteiger partial charge on any atom is 0.573 e. The number of rotatable bonds is 4. The van der Waals surface area contributed by atoms with Crippen molar-refractivity contribution in [1.82, 2.24) is 0 Å². The summed E-state index contributed by atoms with van der Waals surface area (Å²) < 4.78 is 54.5. The van der Waals surface area contributed by atoms with Crippen molar-refractivity contribution in [2.24, 2.45) is 5.73 Å². The molecule has 0 amide bonds. The van der Waals surface area contributed by atoms with Gasteiger partial charge in [-0.1, -0.05) is 25.1 Å². The summed E-state index contributed by atoms with van der Waals surface area (Å²) in [6, 6.07) is 5.11. The largest absolute Gasteiger partial charge is 0.573 e. The minimum absolute atomic E-state index is 0.0261. The summed E-state index contributed by atoms with van der Waals surface area (Å²) in [5.74, 6) is -0.546. The van der Waals surface area contributed by atoms with E-state index in [1.165, 1.54) is 25.1 Å². The van der Waals surface area contributed by atoms with Crippen LogP contribution in [0.15, 0.2) is 24.3 Å². The SMILES string of the molecule is CCC(F)(CN)c1ccccc1OC(F)(F)F. The van der Waals surface area contributed by atoms with E-state index < -0.39 is 24.3 Å². The van der Waals surface area contributed by atoms with Crippen LogP contribution in [0.1, 0.15) is 18.9 Å². The smallest absolute Gasteiger partial charge is 0.405 e. The number of alkyl halides is 4. The molecule has 0 saturated heterocycles. The van der Waals surface area contributed by atoms with Gasteiger partial charge in [0.1, 0.15) is 5.75 Å². The van der Waals surface area contributed by atoms with Gasteiger partial charge in [0, 0.05) is 12.1 Å². The summed E-state index contributed by atoms with van der Waals surface area (Å²) in [5.41, 5.74) is 3.08. The van der Waals surface area contributed by atoms with Crippen LogP contribution in [0, 0.1) is 0 Å². The van der Waals surface area contributed by atoms with Crippen molar-refractivity contribution < 1.29 is 22.3 Å². The van der Waals surface area contributed by atoms with Gasteiger partial charge in [0.2, 0.25) is 0 Å². The third-order valence-electron chi connectivity index (χ3n) is 2.48. The van der Waals surface area contributed by atoms with Crippen molar-refractivity contribution in [3.8, 4) is 5.75 Å². The predicted molar refractivity (Wildman–Crippen MR) is 55.3 cm³/mol. The number of para-hydroxylation sites is 1. The molecule has 0 aliphatic heterocycles. The van der Waals surface area contributed by atoms with Crippen LogP contribution < -0.4 is 10.5 Å². The van der Waals surface area contributed by atoms with Gasteiger partial charge < -0.3 is 10.5 Å². The average Bonchev–Trinajstić information content (AvgIpc) is 2.27. The van der Waals surface area contributed by atoms with E-state index in [-0.39, 0.29) is 12.0 Å². The highest BCUT2D eigenvalue weighted by Crippen LogP contribution is 2.37. The third kappa shape index (κ3) is 3.33. The maximum absolute atomic E-state index is 14.2. The first kappa shape index (κ1) is 13.8. The van der Waals surface area contributed by atoms with Crippen molar-refractivity contribution >= 4 is 0 Å². The lowest BCUT2D eigenvalue weighted by Crippen LogP contribution is -2.31. The minimum Gasteiger partial charge on any atom is -0.405 e. The molecule has 0 radical (unpaired) electrons. The standard InChI is InChI=1S/C11H13F4NO/c1-2-10(12,7-16)8-5-3-4-6-9(8)17-11(13,14)15/h3-6H,2,7,16H2,1H3. The first-order valence-corrected chi connectivity index (χ1v) is 5.06. The zero-order chi connectivity index (χ0) is 13.1. The Labute approximate surface area is 96.4 Å². The molecule has 96 valence electrons. The summed E-state index contributed by atoms with van der Waals surface area (Å²) in [6.45, 7) is 1.11. The number of hydrogen-bond acceptors (Lipinski definition) is 2. The topological polar surface area (TPSA) is 35.2 Å². The van der Waals surface area contributed by atoms with Crippen molar-refractivity contribution in [2.45, 2.75) is 25.4 Å². The molecular weight excluding hydrogens is 238 g/mol.